The van der Waals surface area contributed by atoms with Crippen LogP contribution in [-0.4, -0.2) is 12.1 Å². The Balaban J connectivity index is 2.17. The van der Waals surface area contributed by atoms with E-state index in [0.29, 0.717) is 5.54 Å². The molecule has 2 atom stereocenters. The molecule has 1 saturated carbocycles. The molecule has 2 aliphatic rings. The summed E-state index contributed by atoms with van der Waals surface area (Å²) in [6.07, 6.45) is 2.86. The molecule has 2 rings (SSSR count). The van der Waals surface area contributed by atoms with Gasteiger partial charge < -0.3 is 5.32 Å². The summed E-state index contributed by atoms with van der Waals surface area (Å²) in [6.45, 7) is 3.59. The highest BCUT2D eigenvalue weighted by molar-refractivity contribution is 5.10. The Hall–Kier alpha value is -0.0400. The van der Waals surface area contributed by atoms with Gasteiger partial charge >= 0.3 is 0 Å². The number of fused-ring (bicyclic) bond motifs is 1. The fraction of sp³-hybridized carbons (Fsp3) is 1.00. The standard InChI is InChI=1S/C6H11N/c1-6-4-5(6)2-3-7-6/h5,7H,2-4H2,1H3/t5-,6+/m0/s1. The molecule has 40 valence electrons. The Labute approximate surface area is 44.1 Å². The zero-order valence-corrected chi connectivity index (χ0v) is 4.70. The Kier molecular flexibility index (Phi) is 0.487. The van der Waals surface area contributed by atoms with Gasteiger partial charge in [0.2, 0.25) is 0 Å². The smallest absolute Gasteiger partial charge is 0.0186 e. The van der Waals surface area contributed by atoms with Crippen LogP contribution in [0.25, 0.3) is 0 Å². The first-order valence-corrected chi connectivity index (χ1v) is 3.06. The molecule has 1 heteroatoms. The predicted molar refractivity (Wildman–Crippen MR) is 29.1 cm³/mol. The first-order valence-electron chi connectivity index (χ1n) is 3.06. The van der Waals surface area contributed by atoms with Gasteiger partial charge in [-0.15, -0.1) is 0 Å². The minimum Gasteiger partial charge on any atom is -0.311 e. The second kappa shape index (κ2) is 0.873. The molecule has 1 aliphatic carbocycles. The predicted octanol–water partition coefficient (Wildman–Crippen LogP) is 0.758. The summed E-state index contributed by atoms with van der Waals surface area (Å²) in [5.74, 6) is 1.05. The van der Waals surface area contributed by atoms with Crippen molar-refractivity contribution in [1.82, 2.24) is 5.32 Å². The van der Waals surface area contributed by atoms with Crippen molar-refractivity contribution >= 4 is 0 Å². The van der Waals surface area contributed by atoms with Crippen LogP contribution < -0.4 is 5.32 Å². The summed E-state index contributed by atoms with van der Waals surface area (Å²) >= 11 is 0. The lowest BCUT2D eigenvalue weighted by atomic mass is 10.3. The van der Waals surface area contributed by atoms with Crippen LogP contribution in [0.1, 0.15) is 19.8 Å². The summed E-state index contributed by atoms with van der Waals surface area (Å²) in [5, 5.41) is 3.47. The van der Waals surface area contributed by atoms with E-state index in [2.05, 4.69) is 12.2 Å². The molecule has 2 fully saturated rings. The van der Waals surface area contributed by atoms with Crippen molar-refractivity contribution in [3.8, 4) is 0 Å². The molecule has 1 aliphatic heterocycles. The molecule has 0 spiro atoms. The lowest BCUT2D eigenvalue weighted by molar-refractivity contribution is 0.601. The van der Waals surface area contributed by atoms with E-state index in [0.717, 1.165) is 5.92 Å². The monoisotopic (exact) mass is 97.1 g/mol. The van der Waals surface area contributed by atoms with Gasteiger partial charge in [-0.3, -0.25) is 0 Å². The van der Waals surface area contributed by atoms with Crippen LogP contribution in [0, 0.1) is 5.92 Å². The third-order valence-electron chi connectivity index (χ3n) is 2.43. The topological polar surface area (TPSA) is 12.0 Å². The number of rotatable bonds is 0. The highest BCUT2D eigenvalue weighted by Gasteiger charge is 2.52. The van der Waals surface area contributed by atoms with Gasteiger partial charge in [-0.1, -0.05) is 0 Å². The van der Waals surface area contributed by atoms with Crippen molar-refractivity contribution in [2.24, 2.45) is 5.92 Å². The normalized spacial score (nSPS) is 57.0. The van der Waals surface area contributed by atoms with E-state index in [4.69, 9.17) is 0 Å². The molecular weight excluding hydrogens is 86.1 g/mol. The van der Waals surface area contributed by atoms with Gasteiger partial charge in [0.1, 0.15) is 0 Å². The molecule has 0 radical (unpaired) electrons. The van der Waals surface area contributed by atoms with E-state index < -0.39 is 0 Å². The summed E-state index contributed by atoms with van der Waals surface area (Å²) < 4.78 is 0. The van der Waals surface area contributed by atoms with Crippen LogP contribution in [0.5, 0.6) is 0 Å². The average Bonchev–Trinajstić information content (AvgIpc) is 2.09. The van der Waals surface area contributed by atoms with Crippen molar-refractivity contribution in [2.75, 3.05) is 6.54 Å². The molecule has 1 saturated heterocycles. The molecule has 7 heavy (non-hydrogen) atoms. The Morgan fingerprint density at radius 1 is 1.71 bits per heavy atom. The van der Waals surface area contributed by atoms with E-state index in [9.17, 15) is 0 Å². The molecule has 1 N–H and O–H groups in total. The largest absolute Gasteiger partial charge is 0.311 e. The maximum Gasteiger partial charge on any atom is 0.0186 e. The van der Waals surface area contributed by atoms with Gasteiger partial charge in [0, 0.05) is 5.54 Å². The second-order valence-electron chi connectivity index (χ2n) is 3.03. The minimum absolute atomic E-state index is 0.611. The van der Waals surface area contributed by atoms with Crippen LogP contribution in [-0.2, 0) is 0 Å². The van der Waals surface area contributed by atoms with E-state index >= 15 is 0 Å². The van der Waals surface area contributed by atoms with Crippen LogP contribution >= 0.6 is 0 Å². The van der Waals surface area contributed by atoms with Crippen LogP contribution in [0.2, 0.25) is 0 Å². The second-order valence-corrected chi connectivity index (χ2v) is 3.03. The third kappa shape index (κ3) is 0.367. The van der Waals surface area contributed by atoms with Crippen molar-refractivity contribution in [1.29, 1.82) is 0 Å². The van der Waals surface area contributed by atoms with Crippen molar-refractivity contribution in [3.63, 3.8) is 0 Å². The maximum atomic E-state index is 3.47. The van der Waals surface area contributed by atoms with E-state index in [1.807, 2.05) is 0 Å². The van der Waals surface area contributed by atoms with Crippen molar-refractivity contribution < 1.29 is 0 Å². The maximum absolute atomic E-state index is 3.47. The van der Waals surface area contributed by atoms with Crippen LogP contribution in [0.4, 0.5) is 0 Å². The van der Waals surface area contributed by atoms with Gasteiger partial charge in [-0.2, -0.15) is 0 Å². The number of hydrogen-bond acceptors (Lipinski definition) is 1. The highest BCUT2D eigenvalue weighted by atomic mass is 15.1. The highest BCUT2D eigenvalue weighted by Crippen LogP contribution is 2.48. The Morgan fingerprint density at radius 2 is 2.57 bits per heavy atom. The summed E-state index contributed by atoms with van der Waals surface area (Å²) in [5.41, 5.74) is 0.611. The van der Waals surface area contributed by atoms with Crippen molar-refractivity contribution in [3.05, 3.63) is 0 Å². The van der Waals surface area contributed by atoms with Gasteiger partial charge in [-0.05, 0) is 32.2 Å². The van der Waals surface area contributed by atoms with E-state index in [1.54, 1.807) is 0 Å². The first kappa shape index (κ1) is 3.90. The zero-order chi connectivity index (χ0) is 4.91. The fourth-order valence-electron chi connectivity index (χ4n) is 1.62. The lowest BCUT2D eigenvalue weighted by Gasteiger charge is -2.01. The molecule has 0 aromatic carbocycles. The lowest BCUT2D eigenvalue weighted by Crippen LogP contribution is -2.23. The van der Waals surface area contributed by atoms with E-state index in [-0.39, 0.29) is 0 Å². The summed E-state index contributed by atoms with van der Waals surface area (Å²) in [4.78, 5) is 0. The molecule has 0 amide bonds. The average molecular weight is 97.2 g/mol. The molecule has 0 aromatic heterocycles. The zero-order valence-electron chi connectivity index (χ0n) is 4.70. The van der Waals surface area contributed by atoms with Gasteiger partial charge in [0.25, 0.3) is 0 Å². The van der Waals surface area contributed by atoms with Crippen LogP contribution in [0.3, 0.4) is 0 Å². The minimum atomic E-state index is 0.611. The fourth-order valence-corrected chi connectivity index (χ4v) is 1.62. The molecular formula is C6H11N. The number of nitrogens with one attached hydrogen (secondary N) is 1. The van der Waals surface area contributed by atoms with E-state index in [1.165, 1.54) is 19.4 Å². The molecule has 1 heterocycles. The molecule has 0 unspecified atom stereocenters. The molecule has 0 bridgehead atoms. The van der Waals surface area contributed by atoms with Gasteiger partial charge in [0.05, 0.1) is 0 Å². The first-order chi connectivity index (χ1) is 3.31. The van der Waals surface area contributed by atoms with Crippen molar-refractivity contribution in [2.45, 2.75) is 25.3 Å². The van der Waals surface area contributed by atoms with Gasteiger partial charge in [-0.25, -0.2) is 0 Å². The number of piperidine rings is 1. The number of hydrogen-bond donors (Lipinski definition) is 1. The summed E-state index contributed by atoms with van der Waals surface area (Å²) in [6, 6.07) is 0. The van der Waals surface area contributed by atoms with Gasteiger partial charge in [0.15, 0.2) is 0 Å². The SMILES string of the molecule is C[C@@]12C[C@@H]1CCN2. The van der Waals surface area contributed by atoms with Crippen LogP contribution in [0.15, 0.2) is 0 Å². The quantitative estimate of drug-likeness (QED) is 0.470. The molecule has 0 aromatic rings. The molecule has 1 nitrogen and oxygen atoms in total. The third-order valence-corrected chi connectivity index (χ3v) is 2.43. The Bertz CT molecular complexity index is 98.4. The summed E-state index contributed by atoms with van der Waals surface area (Å²) in [7, 11) is 0. The Morgan fingerprint density at radius 3 is 2.71 bits per heavy atom.